The van der Waals surface area contributed by atoms with E-state index in [1.165, 1.54) is 17.7 Å². The van der Waals surface area contributed by atoms with Gasteiger partial charge in [-0.3, -0.25) is 4.57 Å². The van der Waals surface area contributed by atoms with E-state index >= 15 is 0 Å². The van der Waals surface area contributed by atoms with Gasteiger partial charge in [0.1, 0.15) is 22.4 Å². The zero-order chi connectivity index (χ0) is 17.2. The number of nitrogens with zero attached hydrogens (tertiary/aromatic N) is 3. The average Bonchev–Trinajstić information content (AvgIpc) is 3.16. The Morgan fingerprint density at radius 1 is 1.17 bits per heavy atom. The van der Waals surface area contributed by atoms with Crippen LogP contribution in [0.5, 0.6) is 5.75 Å². The highest BCUT2D eigenvalue weighted by atomic mass is 32.1. The van der Waals surface area contributed by atoms with Crippen molar-refractivity contribution in [2.45, 2.75) is 13.8 Å². The maximum absolute atomic E-state index is 13.3. The molecule has 0 bridgehead atoms. The van der Waals surface area contributed by atoms with E-state index < -0.39 is 7.60 Å². The number of methoxy groups -OCH3 is 1. The van der Waals surface area contributed by atoms with E-state index in [9.17, 15) is 4.57 Å². The predicted molar refractivity (Wildman–Crippen MR) is 93.3 cm³/mol. The van der Waals surface area contributed by atoms with E-state index in [0.717, 1.165) is 11.3 Å². The SMILES string of the molecule is CCOP(=O)(OCC)c1sc2ncnn2c1-c1ccc(OC)cc1. The first kappa shape index (κ1) is 17.1. The van der Waals surface area contributed by atoms with Crippen molar-refractivity contribution in [3.05, 3.63) is 30.6 Å². The highest BCUT2D eigenvalue weighted by molar-refractivity contribution is 7.69. The molecule has 0 aliphatic heterocycles. The molecule has 2 heterocycles. The van der Waals surface area contributed by atoms with Crippen LogP contribution in [0.3, 0.4) is 0 Å². The molecule has 0 aliphatic rings. The van der Waals surface area contributed by atoms with Gasteiger partial charge in [0.05, 0.1) is 20.3 Å². The van der Waals surface area contributed by atoms with Gasteiger partial charge >= 0.3 is 7.60 Å². The first-order chi connectivity index (χ1) is 11.6. The fraction of sp³-hybridized carbons (Fsp3) is 0.333. The molecule has 0 saturated heterocycles. The zero-order valence-electron chi connectivity index (χ0n) is 13.6. The van der Waals surface area contributed by atoms with Gasteiger partial charge in [-0.1, -0.05) is 11.3 Å². The molecule has 1 aromatic carbocycles. The summed E-state index contributed by atoms with van der Waals surface area (Å²) in [5, 5.41) is 4.24. The number of hydrogen-bond acceptors (Lipinski definition) is 7. The van der Waals surface area contributed by atoms with E-state index in [0.29, 0.717) is 15.3 Å². The number of hydrogen-bond donors (Lipinski definition) is 0. The van der Waals surface area contributed by atoms with Gasteiger partial charge in [0.15, 0.2) is 0 Å². The number of fused-ring (bicyclic) bond motifs is 1. The van der Waals surface area contributed by atoms with Crippen LogP contribution in [0.1, 0.15) is 13.8 Å². The summed E-state index contributed by atoms with van der Waals surface area (Å²) in [7, 11) is -1.84. The second-order valence-electron chi connectivity index (χ2n) is 4.77. The van der Waals surface area contributed by atoms with E-state index in [4.69, 9.17) is 13.8 Å². The van der Waals surface area contributed by atoms with E-state index in [1.807, 2.05) is 24.3 Å². The molecule has 3 aromatic rings. The molecule has 0 spiro atoms. The van der Waals surface area contributed by atoms with Crippen LogP contribution >= 0.6 is 18.9 Å². The summed E-state index contributed by atoms with van der Waals surface area (Å²) in [6.45, 7) is 4.14. The summed E-state index contributed by atoms with van der Waals surface area (Å²) in [6, 6.07) is 7.44. The zero-order valence-corrected chi connectivity index (χ0v) is 15.3. The van der Waals surface area contributed by atoms with Crippen molar-refractivity contribution in [2.24, 2.45) is 0 Å². The maximum Gasteiger partial charge on any atom is 0.373 e. The lowest BCUT2D eigenvalue weighted by Gasteiger charge is -2.16. The molecular formula is C15H18N3O4PS. The predicted octanol–water partition coefficient (Wildman–Crippen LogP) is 3.36. The molecule has 3 rings (SSSR count). The lowest BCUT2D eigenvalue weighted by atomic mass is 10.2. The Morgan fingerprint density at radius 2 is 1.83 bits per heavy atom. The molecule has 0 unspecified atom stereocenters. The van der Waals surface area contributed by atoms with Crippen molar-refractivity contribution in [1.29, 1.82) is 0 Å². The van der Waals surface area contributed by atoms with E-state index in [1.54, 1.807) is 25.5 Å². The number of rotatable bonds is 7. The normalized spacial score (nSPS) is 12.0. The minimum atomic E-state index is -3.45. The van der Waals surface area contributed by atoms with Crippen LogP contribution in [-0.2, 0) is 13.6 Å². The fourth-order valence-corrected chi connectivity index (χ4v) is 5.63. The smallest absolute Gasteiger partial charge is 0.373 e. The van der Waals surface area contributed by atoms with E-state index in [2.05, 4.69) is 10.1 Å². The highest BCUT2D eigenvalue weighted by Crippen LogP contribution is 2.51. The molecule has 0 amide bonds. The molecule has 0 atom stereocenters. The molecule has 7 nitrogen and oxygen atoms in total. The summed E-state index contributed by atoms with van der Waals surface area (Å²) in [4.78, 5) is 4.84. The Bertz CT molecular complexity index is 865. The van der Waals surface area contributed by atoms with Crippen molar-refractivity contribution < 1.29 is 18.3 Å². The molecule has 0 saturated carbocycles. The van der Waals surface area contributed by atoms with Crippen molar-refractivity contribution in [3.8, 4) is 17.0 Å². The van der Waals surface area contributed by atoms with Gasteiger partial charge in [0.25, 0.3) is 0 Å². The summed E-state index contributed by atoms with van der Waals surface area (Å²) in [5.41, 5.74) is 1.50. The Morgan fingerprint density at radius 3 is 2.42 bits per heavy atom. The quantitative estimate of drug-likeness (QED) is 0.596. The van der Waals surface area contributed by atoms with Gasteiger partial charge in [0, 0.05) is 5.56 Å². The minimum Gasteiger partial charge on any atom is -0.497 e. The lowest BCUT2D eigenvalue weighted by Crippen LogP contribution is -2.11. The number of ether oxygens (including phenoxy) is 1. The second-order valence-corrected chi connectivity index (χ2v) is 8.01. The first-order valence-electron chi connectivity index (χ1n) is 7.49. The van der Waals surface area contributed by atoms with Gasteiger partial charge in [0.2, 0.25) is 4.96 Å². The molecule has 0 N–H and O–H groups in total. The molecule has 0 radical (unpaired) electrons. The third-order valence-electron chi connectivity index (χ3n) is 3.33. The Balaban J connectivity index is 2.21. The number of aromatic nitrogens is 3. The molecule has 24 heavy (non-hydrogen) atoms. The van der Waals surface area contributed by atoms with Crippen LogP contribution in [0, 0.1) is 0 Å². The average molecular weight is 367 g/mol. The van der Waals surface area contributed by atoms with Gasteiger partial charge in [-0.25, -0.2) is 9.50 Å². The van der Waals surface area contributed by atoms with Crippen molar-refractivity contribution >= 4 is 28.5 Å². The fourth-order valence-electron chi connectivity index (χ4n) is 2.35. The Hall–Kier alpha value is -1.73. The van der Waals surface area contributed by atoms with Crippen LogP contribution < -0.4 is 9.36 Å². The third-order valence-corrected chi connectivity index (χ3v) is 7.03. The lowest BCUT2D eigenvalue weighted by molar-refractivity contribution is 0.230. The van der Waals surface area contributed by atoms with Crippen molar-refractivity contribution in [2.75, 3.05) is 20.3 Å². The molecule has 2 aromatic heterocycles. The van der Waals surface area contributed by atoms with Gasteiger partial charge in [-0.05, 0) is 38.1 Å². The molecule has 9 heteroatoms. The van der Waals surface area contributed by atoms with Crippen molar-refractivity contribution in [3.63, 3.8) is 0 Å². The Labute approximate surface area is 143 Å². The molecule has 0 aliphatic carbocycles. The third kappa shape index (κ3) is 2.98. The highest BCUT2D eigenvalue weighted by Gasteiger charge is 2.35. The summed E-state index contributed by atoms with van der Waals surface area (Å²) in [5.74, 6) is 0.739. The molecular weight excluding hydrogens is 349 g/mol. The maximum atomic E-state index is 13.3. The van der Waals surface area contributed by atoms with E-state index in [-0.39, 0.29) is 13.2 Å². The van der Waals surface area contributed by atoms with Crippen molar-refractivity contribution in [1.82, 2.24) is 14.6 Å². The Kier molecular flexibility index (Phi) is 5.01. The largest absolute Gasteiger partial charge is 0.497 e. The minimum absolute atomic E-state index is 0.285. The topological polar surface area (TPSA) is 75.0 Å². The number of thiazole rings is 1. The van der Waals surface area contributed by atoms with Crippen LogP contribution in [0.2, 0.25) is 0 Å². The second kappa shape index (κ2) is 7.03. The molecule has 0 fully saturated rings. The van der Waals surface area contributed by atoms with Gasteiger partial charge in [-0.2, -0.15) is 5.10 Å². The number of benzene rings is 1. The monoisotopic (exact) mass is 367 g/mol. The molecule has 128 valence electrons. The van der Waals surface area contributed by atoms with Crippen LogP contribution in [0.4, 0.5) is 0 Å². The summed E-state index contributed by atoms with van der Waals surface area (Å²) >= 11 is 1.27. The van der Waals surface area contributed by atoms with Gasteiger partial charge < -0.3 is 13.8 Å². The first-order valence-corrected chi connectivity index (χ1v) is 9.85. The van der Waals surface area contributed by atoms with Crippen LogP contribution in [-0.4, -0.2) is 34.9 Å². The summed E-state index contributed by atoms with van der Waals surface area (Å²) < 4.78 is 31.7. The van der Waals surface area contributed by atoms with Crippen LogP contribution in [0.15, 0.2) is 30.6 Å². The standard InChI is InChI=1S/C15H18N3O4PS/c1-4-21-23(19,22-5-2)14-13(18-15(24-14)16-10-17-18)11-6-8-12(20-3)9-7-11/h6-10H,4-5H2,1-3H3. The van der Waals surface area contributed by atoms with Crippen LogP contribution in [0.25, 0.3) is 16.2 Å². The summed E-state index contributed by atoms with van der Waals surface area (Å²) in [6.07, 6.45) is 1.47. The van der Waals surface area contributed by atoms with Gasteiger partial charge in [-0.15, -0.1) is 0 Å².